The molecular formula is C28H24FN5O4. The van der Waals surface area contributed by atoms with Gasteiger partial charge in [-0.1, -0.05) is 18.2 Å². The molecule has 0 aliphatic heterocycles. The average Bonchev–Trinajstić information content (AvgIpc) is 3.82. The molecule has 2 saturated carbocycles. The van der Waals surface area contributed by atoms with Gasteiger partial charge in [0.25, 0.3) is 0 Å². The van der Waals surface area contributed by atoms with Gasteiger partial charge in [0.15, 0.2) is 17.4 Å². The van der Waals surface area contributed by atoms with E-state index in [2.05, 4.69) is 10.3 Å². The summed E-state index contributed by atoms with van der Waals surface area (Å²) < 4.78 is 22.7. The molecule has 2 aliphatic rings. The summed E-state index contributed by atoms with van der Waals surface area (Å²) in [6.07, 6.45) is 5.80. The zero-order valence-electron chi connectivity index (χ0n) is 20.3. The summed E-state index contributed by atoms with van der Waals surface area (Å²) in [4.78, 5) is 43.2. The number of aromatic nitrogens is 2. The second-order valence-electron chi connectivity index (χ2n) is 9.66. The van der Waals surface area contributed by atoms with E-state index in [1.54, 1.807) is 65.3 Å². The maximum Gasteiger partial charge on any atom is 0.247 e. The molecule has 0 atom stereocenters. The monoisotopic (exact) mass is 513 g/mol. The number of anilines is 3. The summed E-state index contributed by atoms with van der Waals surface area (Å²) in [5.41, 5.74) is 5.60. The number of hydrogen-bond acceptors (Lipinski definition) is 5. The molecule has 192 valence electrons. The Balaban J connectivity index is 1.26. The van der Waals surface area contributed by atoms with E-state index >= 15 is 4.39 Å². The first-order valence-electron chi connectivity index (χ1n) is 12.3. The maximum atomic E-state index is 15.3. The van der Waals surface area contributed by atoms with Crippen LogP contribution < -0.4 is 20.7 Å². The number of rotatable bonds is 8. The molecule has 2 aromatic heterocycles. The number of carbonyl (C=O) groups is 3. The van der Waals surface area contributed by atoms with Crippen molar-refractivity contribution in [2.75, 3.05) is 10.2 Å². The van der Waals surface area contributed by atoms with Crippen LogP contribution in [0, 0.1) is 17.2 Å². The van der Waals surface area contributed by atoms with E-state index in [9.17, 15) is 14.4 Å². The molecule has 38 heavy (non-hydrogen) atoms. The van der Waals surface area contributed by atoms with Crippen molar-refractivity contribution < 1.29 is 23.5 Å². The van der Waals surface area contributed by atoms with E-state index in [1.165, 1.54) is 17.0 Å². The Kier molecular flexibility index (Phi) is 5.59. The summed E-state index contributed by atoms with van der Waals surface area (Å²) in [5.74, 6) is -1.11. The van der Waals surface area contributed by atoms with Crippen LogP contribution in [0.25, 0.3) is 5.65 Å². The molecule has 2 fully saturated rings. The van der Waals surface area contributed by atoms with Gasteiger partial charge in [0.05, 0.1) is 18.1 Å². The van der Waals surface area contributed by atoms with Gasteiger partial charge in [-0.15, -0.1) is 0 Å². The van der Waals surface area contributed by atoms with Crippen molar-refractivity contribution in [1.82, 2.24) is 9.38 Å². The van der Waals surface area contributed by atoms with Crippen LogP contribution in [0.2, 0.25) is 0 Å². The zero-order valence-corrected chi connectivity index (χ0v) is 20.3. The molecule has 9 nitrogen and oxygen atoms in total. The van der Waals surface area contributed by atoms with Gasteiger partial charge in [-0.2, -0.15) is 0 Å². The fourth-order valence-corrected chi connectivity index (χ4v) is 4.37. The molecule has 2 aromatic carbocycles. The highest BCUT2D eigenvalue weighted by molar-refractivity contribution is 6.16. The van der Waals surface area contributed by atoms with Crippen LogP contribution >= 0.6 is 0 Å². The summed E-state index contributed by atoms with van der Waals surface area (Å²) in [5, 5.41) is 2.80. The molecule has 3 N–H and O–H groups in total. The summed E-state index contributed by atoms with van der Waals surface area (Å²) >= 11 is 0. The number of halogens is 1. The smallest absolute Gasteiger partial charge is 0.247 e. The lowest BCUT2D eigenvalue weighted by molar-refractivity contribution is -0.133. The lowest BCUT2D eigenvalue weighted by atomic mass is 10.0. The molecule has 3 amide bonds. The number of nitrogens with one attached hydrogen (secondary N) is 1. The fourth-order valence-electron chi connectivity index (χ4n) is 4.37. The molecule has 0 bridgehead atoms. The van der Waals surface area contributed by atoms with Crippen LogP contribution in [0.1, 0.15) is 25.7 Å². The standard InChI is InChI=1S/C28H24FN5O4/c29-21-14-19(34(18-4-2-1-3-5-18)27(37)28(12-13-28)26(30)36)8-10-22(21)38-20-9-11-24-31-23(16-33(24)15-20)32-25(35)17-6-7-17/h1-5,8-11,14-17H,6-7,12-13H2,(H2,30,36)(H,32,35). The number of hydrogen-bond donors (Lipinski definition) is 2. The summed E-state index contributed by atoms with van der Waals surface area (Å²) in [6, 6.07) is 16.2. The quantitative estimate of drug-likeness (QED) is 0.335. The Labute approximate surface area is 217 Å². The number of imidazole rings is 1. The van der Waals surface area contributed by atoms with Gasteiger partial charge in [0.1, 0.15) is 16.8 Å². The van der Waals surface area contributed by atoms with E-state index in [4.69, 9.17) is 10.5 Å². The summed E-state index contributed by atoms with van der Waals surface area (Å²) in [6.45, 7) is 0. The Morgan fingerprint density at radius 1 is 1.03 bits per heavy atom. The third kappa shape index (κ3) is 4.34. The molecule has 2 aliphatic carbocycles. The van der Waals surface area contributed by atoms with Gasteiger partial charge in [0, 0.05) is 17.7 Å². The van der Waals surface area contributed by atoms with Crippen molar-refractivity contribution in [3.05, 3.63) is 78.9 Å². The molecule has 4 aromatic rings. The van der Waals surface area contributed by atoms with Crippen LogP contribution in [0.3, 0.4) is 0 Å². The van der Waals surface area contributed by atoms with Crippen LogP contribution in [0.4, 0.5) is 21.6 Å². The van der Waals surface area contributed by atoms with Crippen molar-refractivity contribution in [3.63, 3.8) is 0 Å². The number of ether oxygens (including phenoxy) is 1. The van der Waals surface area contributed by atoms with Crippen LogP contribution in [0.15, 0.2) is 73.1 Å². The highest BCUT2D eigenvalue weighted by Crippen LogP contribution is 2.49. The number of amides is 3. The predicted octanol–water partition coefficient (Wildman–Crippen LogP) is 4.54. The second-order valence-corrected chi connectivity index (χ2v) is 9.66. The van der Waals surface area contributed by atoms with Crippen molar-refractivity contribution in [2.24, 2.45) is 17.1 Å². The summed E-state index contributed by atoms with van der Waals surface area (Å²) in [7, 11) is 0. The van der Waals surface area contributed by atoms with E-state index in [-0.39, 0.29) is 23.3 Å². The van der Waals surface area contributed by atoms with E-state index in [0.717, 1.165) is 12.8 Å². The van der Waals surface area contributed by atoms with Crippen LogP contribution in [0.5, 0.6) is 11.5 Å². The minimum absolute atomic E-state index is 0.0431. The van der Waals surface area contributed by atoms with Crippen molar-refractivity contribution in [3.8, 4) is 11.5 Å². The molecular weight excluding hydrogens is 489 g/mol. The molecule has 6 rings (SSSR count). The Morgan fingerprint density at radius 3 is 2.45 bits per heavy atom. The highest BCUT2D eigenvalue weighted by atomic mass is 19.1. The number of fused-ring (bicyclic) bond motifs is 1. The first-order valence-corrected chi connectivity index (χ1v) is 12.3. The minimum Gasteiger partial charge on any atom is -0.453 e. The topological polar surface area (TPSA) is 119 Å². The van der Waals surface area contributed by atoms with Crippen molar-refractivity contribution in [1.29, 1.82) is 0 Å². The van der Waals surface area contributed by atoms with Gasteiger partial charge in [-0.05, 0) is 62.1 Å². The number of nitrogens with zero attached hydrogens (tertiary/aromatic N) is 3. The fraction of sp³-hybridized carbons (Fsp3) is 0.214. The highest BCUT2D eigenvalue weighted by Gasteiger charge is 2.57. The van der Waals surface area contributed by atoms with E-state index in [1.807, 2.05) is 0 Å². The van der Waals surface area contributed by atoms with Crippen LogP contribution in [-0.2, 0) is 14.4 Å². The minimum atomic E-state index is -1.28. The first kappa shape index (κ1) is 23.7. The Morgan fingerprint density at radius 2 is 1.79 bits per heavy atom. The maximum absolute atomic E-state index is 15.3. The molecule has 0 spiro atoms. The first-order chi connectivity index (χ1) is 18.3. The lowest BCUT2D eigenvalue weighted by Gasteiger charge is -2.26. The van der Waals surface area contributed by atoms with Gasteiger partial charge < -0.3 is 20.2 Å². The average molecular weight is 514 g/mol. The van der Waals surface area contributed by atoms with Gasteiger partial charge >= 0.3 is 0 Å². The molecule has 0 saturated heterocycles. The van der Waals surface area contributed by atoms with Crippen LogP contribution in [-0.4, -0.2) is 27.1 Å². The third-order valence-corrected chi connectivity index (χ3v) is 6.87. The Hall–Kier alpha value is -4.73. The van der Waals surface area contributed by atoms with Gasteiger partial charge in [-0.25, -0.2) is 9.37 Å². The molecule has 0 unspecified atom stereocenters. The predicted molar refractivity (Wildman–Crippen MR) is 137 cm³/mol. The van der Waals surface area contributed by atoms with Gasteiger partial charge in [-0.3, -0.25) is 19.3 Å². The normalized spacial score (nSPS) is 15.6. The van der Waals surface area contributed by atoms with Crippen molar-refractivity contribution in [2.45, 2.75) is 25.7 Å². The lowest BCUT2D eigenvalue weighted by Crippen LogP contribution is -2.41. The van der Waals surface area contributed by atoms with E-state index < -0.39 is 23.0 Å². The number of pyridine rings is 1. The SMILES string of the molecule is NC(=O)C1(C(=O)N(c2ccccc2)c2ccc(Oc3ccc4nc(NC(=O)C5CC5)cn4c3)c(F)c2)CC1. The number of primary amides is 1. The number of carbonyl (C=O) groups excluding carboxylic acids is 3. The largest absolute Gasteiger partial charge is 0.453 e. The second kappa shape index (κ2) is 8.98. The molecule has 10 heteroatoms. The number of benzene rings is 2. The third-order valence-electron chi connectivity index (χ3n) is 6.87. The molecule has 0 radical (unpaired) electrons. The molecule has 2 heterocycles. The zero-order chi connectivity index (χ0) is 26.4. The van der Waals surface area contributed by atoms with E-state index in [0.29, 0.717) is 35.7 Å². The number of nitrogens with two attached hydrogens (primary N) is 1. The van der Waals surface area contributed by atoms with Gasteiger partial charge in [0.2, 0.25) is 17.7 Å². The Bertz CT molecular complexity index is 1580. The van der Waals surface area contributed by atoms with Crippen molar-refractivity contribution >= 4 is 40.6 Å². The number of para-hydroxylation sites is 1.